The number of nitrogens with one attached hydrogen (secondary N) is 1. The number of fused-ring (bicyclic) bond motifs is 2. The monoisotopic (exact) mass is 435 g/mol. The molecule has 2 heterocycles. The molecule has 0 spiro atoms. The van der Waals surface area contributed by atoms with Crippen LogP contribution in [0.1, 0.15) is 44.7 Å². The summed E-state index contributed by atoms with van der Waals surface area (Å²) >= 11 is 0. The first kappa shape index (κ1) is 22.7. The Bertz CT molecular complexity index is 888. The lowest BCUT2D eigenvalue weighted by molar-refractivity contribution is -0.147. The average Bonchev–Trinajstić information content (AvgIpc) is 3.25. The van der Waals surface area contributed by atoms with Crippen LogP contribution in [-0.2, 0) is 19.2 Å². The third-order valence-electron chi connectivity index (χ3n) is 5.71. The van der Waals surface area contributed by atoms with Crippen molar-refractivity contribution in [3.8, 4) is 0 Å². The van der Waals surface area contributed by atoms with Gasteiger partial charge in [0.25, 0.3) is 0 Å². The van der Waals surface area contributed by atoms with Gasteiger partial charge in [-0.15, -0.1) is 0 Å². The van der Waals surface area contributed by atoms with Crippen molar-refractivity contribution in [2.75, 3.05) is 13.1 Å². The maximum absolute atomic E-state index is 13.3. The van der Waals surface area contributed by atoms with E-state index in [2.05, 4.69) is 5.32 Å². The van der Waals surface area contributed by atoms with Crippen LogP contribution in [0.15, 0.2) is 24.3 Å². The van der Waals surface area contributed by atoms with Crippen LogP contribution in [0.25, 0.3) is 0 Å². The maximum atomic E-state index is 13.3. The van der Waals surface area contributed by atoms with Gasteiger partial charge < -0.3 is 25.3 Å². The Morgan fingerprint density at radius 1 is 1.13 bits per heavy atom. The van der Waals surface area contributed by atoms with Crippen LogP contribution >= 0.6 is 0 Å². The SMILES string of the molecule is CC(=O)N[C@H](C(=O)N1C[C@@H]2C[C@H]1CN2C(=O)CC(C)(O)CC(=O)O)c1ccc(F)cc1. The number of carbonyl (C=O) groups excluding carboxylic acids is 3. The van der Waals surface area contributed by atoms with Gasteiger partial charge in [-0.1, -0.05) is 12.1 Å². The number of nitrogens with zero attached hydrogens (tertiary/aromatic N) is 2. The van der Waals surface area contributed by atoms with Crippen molar-refractivity contribution in [2.45, 2.75) is 56.8 Å². The lowest BCUT2D eigenvalue weighted by Gasteiger charge is -2.37. The van der Waals surface area contributed by atoms with E-state index >= 15 is 0 Å². The van der Waals surface area contributed by atoms with Gasteiger partial charge in [0.1, 0.15) is 11.9 Å². The smallest absolute Gasteiger partial charge is 0.306 e. The minimum atomic E-state index is -1.65. The normalized spacial score (nSPS) is 22.7. The van der Waals surface area contributed by atoms with Gasteiger partial charge in [-0.2, -0.15) is 0 Å². The number of rotatable bonds is 7. The molecule has 3 rings (SSSR count). The fraction of sp³-hybridized carbons (Fsp3) is 0.524. The second kappa shape index (κ2) is 8.62. The van der Waals surface area contributed by atoms with Gasteiger partial charge in [0.15, 0.2) is 0 Å². The van der Waals surface area contributed by atoms with Crippen molar-refractivity contribution in [2.24, 2.45) is 0 Å². The number of halogens is 1. The van der Waals surface area contributed by atoms with E-state index in [0.29, 0.717) is 12.0 Å². The summed E-state index contributed by atoms with van der Waals surface area (Å²) in [6, 6.07) is 3.88. The Balaban J connectivity index is 1.68. The molecule has 0 aromatic heterocycles. The summed E-state index contributed by atoms with van der Waals surface area (Å²) in [5.41, 5.74) is -1.19. The lowest BCUT2D eigenvalue weighted by Crippen LogP contribution is -2.54. The lowest BCUT2D eigenvalue weighted by atomic mass is 9.97. The van der Waals surface area contributed by atoms with E-state index in [-0.39, 0.29) is 43.4 Å². The van der Waals surface area contributed by atoms with E-state index in [1.54, 1.807) is 9.80 Å². The fourth-order valence-electron chi connectivity index (χ4n) is 4.37. The number of benzene rings is 1. The third-order valence-corrected chi connectivity index (χ3v) is 5.71. The zero-order valence-corrected chi connectivity index (χ0v) is 17.4. The molecule has 3 N–H and O–H groups in total. The molecule has 2 aliphatic heterocycles. The number of hydrogen-bond donors (Lipinski definition) is 3. The van der Waals surface area contributed by atoms with Gasteiger partial charge in [0.05, 0.1) is 30.5 Å². The summed E-state index contributed by atoms with van der Waals surface area (Å²) in [7, 11) is 0. The van der Waals surface area contributed by atoms with Crippen molar-refractivity contribution in [1.82, 2.24) is 15.1 Å². The number of aliphatic hydroxyl groups is 1. The number of carboxylic acid groups (broad SMARTS) is 1. The summed E-state index contributed by atoms with van der Waals surface area (Å²) in [5.74, 6) is -2.74. The van der Waals surface area contributed by atoms with Crippen LogP contribution in [0.4, 0.5) is 4.39 Å². The molecule has 1 unspecified atom stereocenters. The molecule has 2 aliphatic rings. The Morgan fingerprint density at radius 3 is 2.23 bits per heavy atom. The van der Waals surface area contributed by atoms with Gasteiger partial charge in [-0.3, -0.25) is 19.2 Å². The highest BCUT2D eigenvalue weighted by Crippen LogP contribution is 2.34. The first-order valence-electron chi connectivity index (χ1n) is 10.0. The van der Waals surface area contributed by atoms with Gasteiger partial charge in [-0.25, -0.2) is 4.39 Å². The molecule has 1 aromatic rings. The Hall–Kier alpha value is -3.01. The molecule has 2 bridgehead atoms. The molecule has 10 heteroatoms. The molecule has 2 saturated heterocycles. The van der Waals surface area contributed by atoms with Gasteiger partial charge in [0, 0.05) is 20.0 Å². The summed E-state index contributed by atoms with van der Waals surface area (Å²) in [6.45, 7) is 3.15. The minimum Gasteiger partial charge on any atom is -0.481 e. The van der Waals surface area contributed by atoms with Crippen LogP contribution in [-0.4, -0.2) is 74.5 Å². The third kappa shape index (κ3) is 5.19. The molecule has 0 aliphatic carbocycles. The van der Waals surface area contributed by atoms with E-state index in [9.17, 15) is 28.7 Å². The first-order chi connectivity index (χ1) is 14.5. The predicted octanol–water partition coefficient (Wildman–Crippen LogP) is 0.430. The molecule has 9 nitrogen and oxygen atoms in total. The van der Waals surface area contributed by atoms with E-state index in [1.807, 2.05) is 0 Å². The van der Waals surface area contributed by atoms with Crippen LogP contribution in [0, 0.1) is 5.82 Å². The van der Waals surface area contributed by atoms with Crippen molar-refractivity contribution >= 4 is 23.7 Å². The van der Waals surface area contributed by atoms with Crippen LogP contribution < -0.4 is 5.32 Å². The molecule has 0 saturated carbocycles. The van der Waals surface area contributed by atoms with Crippen molar-refractivity contribution in [1.29, 1.82) is 0 Å². The number of piperazine rings is 1. The highest BCUT2D eigenvalue weighted by atomic mass is 19.1. The Morgan fingerprint density at radius 2 is 1.71 bits per heavy atom. The predicted molar refractivity (Wildman–Crippen MR) is 106 cm³/mol. The highest BCUT2D eigenvalue weighted by Gasteiger charge is 2.49. The van der Waals surface area contributed by atoms with Crippen molar-refractivity contribution in [3.63, 3.8) is 0 Å². The molecule has 31 heavy (non-hydrogen) atoms. The van der Waals surface area contributed by atoms with Crippen LogP contribution in [0.2, 0.25) is 0 Å². The molecule has 168 valence electrons. The number of amides is 3. The second-order valence-corrected chi connectivity index (χ2v) is 8.51. The van der Waals surface area contributed by atoms with Crippen LogP contribution in [0.3, 0.4) is 0 Å². The van der Waals surface area contributed by atoms with Crippen molar-refractivity contribution < 1.29 is 33.8 Å². The van der Waals surface area contributed by atoms with Gasteiger partial charge in [0.2, 0.25) is 17.7 Å². The number of likely N-dealkylation sites (tertiary alicyclic amines) is 2. The topological polar surface area (TPSA) is 127 Å². The summed E-state index contributed by atoms with van der Waals surface area (Å²) in [4.78, 5) is 51.5. The first-order valence-corrected chi connectivity index (χ1v) is 10.0. The van der Waals surface area contributed by atoms with E-state index in [0.717, 1.165) is 0 Å². The molecular formula is C21H26FN3O6. The number of carboxylic acids is 1. The fourth-order valence-corrected chi connectivity index (χ4v) is 4.37. The number of carbonyl (C=O) groups is 4. The number of hydrogen-bond acceptors (Lipinski definition) is 5. The quantitative estimate of drug-likeness (QED) is 0.570. The van der Waals surface area contributed by atoms with E-state index < -0.39 is 35.8 Å². The van der Waals surface area contributed by atoms with E-state index in [1.165, 1.54) is 38.1 Å². The number of aliphatic carboxylic acids is 1. The van der Waals surface area contributed by atoms with Gasteiger partial charge in [-0.05, 0) is 31.0 Å². The van der Waals surface area contributed by atoms with Gasteiger partial charge >= 0.3 is 5.97 Å². The molecule has 2 fully saturated rings. The van der Waals surface area contributed by atoms with E-state index in [4.69, 9.17) is 5.11 Å². The maximum Gasteiger partial charge on any atom is 0.306 e. The molecule has 0 radical (unpaired) electrons. The summed E-state index contributed by atoms with van der Waals surface area (Å²) < 4.78 is 13.3. The molecule has 1 aromatic carbocycles. The molecule has 3 amide bonds. The molecular weight excluding hydrogens is 409 g/mol. The zero-order chi connectivity index (χ0) is 22.9. The largest absolute Gasteiger partial charge is 0.481 e. The second-order valence-electron chi connectivity index (χ2n) is 8.51. The Kier molecular flexibility index (Phi) is 6.30. The molecule has 4 atom stereocenters. The minimum absolute atomic E-state index is 0.242. The summed E-state index contributed by atoms with van der Waals surface area (Å²) in [6.07, 6.45) is -0.295. The van der Waals surface area contributed by atoms with Crippen LogP contribution in [0.5, 0.6) is 0 Å². The Labute approximate surface area is 178 Å². The zero-order valence-electron chi connectivity index (χ0n) is 17.4. The highest BCUT2D eigenvalue weighted by molar-refractivity contribution is 5.89. The van der Waals surface area contributed by atoms with Crippen molar-refractivity contribution in [3.05, 3.63) is 35.6 Å². The average molecular weight is 435 g/mol. The summed E-state index contributed by atoms with van der Waals surface area (Å²) in [5, 5.41) is 21.7. The standard InChI is InChI=1S/C21H26FN3O6/c1-12(26)23-19(13-3-5-14(22)6-4-13)20(30)25-11-15-7-16(25)10-24(15)17(27)8-21(2,31)9-18(28)29/h3-6,15-16,19,31H,7-11H2,1-2H3,(H,23,26)(H,28,29)/t15-,16-,19-,21?/m0/s1.